The number of nitrogens with two attached hydrogens (primary N) is 1. The lowest BCUT2D eigenvalue weighted by Crippen LogP contribution is -2.06. The summed E-state index contributed by atoms with van der Waals surface area (Å²) in [5.41, 5.74) is 7.95. The smallest absolute Gasteiger partial charge is 0.231 e. The van der Waals surface area contributed by atoms with E-state index in [1.54, 1.807) is 0 Å². The van der Waals surface area contributed by atoms with Gasteiger partial charge in [0.25, 0.3) is 0 Å². The molecule has 3 nitrogen and oxygen atoms in total. The minimum Gasteiger partial charge on any atom is -0.454 e. The highest BCUT2D eigenvalue weighted by molar-refractivity contribution is 9.10. The Morgan fingerprint density at radius 2 is 2.21 bits per heavy atom. The van der Waals surface area contributed by atoms with Crippen molar-refractivity contribution in [2.24, 2.45) is 5.73 Å². The van der Waals surface area contributed by atoms with E-state index in [4.69, 9.17) is 15.2 Å². The topological polar surface area (TPSA) is 44.5 Å². The van der Waals surface area contributed by atoms with Crippen molar-refractivity contribution in [1.29, 1.82) is 0 Å². The number of benzene rings is 1. The number of halogens is 1. The van der Waals surface area contributed by atoms with Gasteiger partial charge in [-0.3, -0.25) is 0 Å². The van der Waals surface area contributed by atoms with Crippen LogP contribution < -0.4 is 15.2 Å². The molecule has 0 bridgehead atoms. The maximum absolute atomic E-state index is 5.85. The van der Waals surface area contributed by atoms with E-state index >= 15 is 0 Å². The molecule has 2 N–H and O–H groups in total. The standard InChI is InChI=1S/C10H12BrNO2/c1-5-9(11)7(6(2)12)3-8-10(5)14-4-13-8/h3,6H,4,12H2,1-2H3. The average Bonchev–Trinajstić information content (AvgIpc) is 2.58. The molecular formula is C10H12BrNO2. The molecule has 0 aromatic heterocycles. The minimum atomic E-state index is -0.0161. The van der Waals surface area contributed by atoms with Gasteiger partial charge in [-0.1, -0.05) is 15.9 Å². The SMILES string of the molecule is Cc1c(Br)c(C(C)N)cc2c1OCO2. The molecule has 14 heavy (non-hydrogen) atoms. The maximum atomic E-state index is 5.85. The van der Waals surface area contributed by atoms with Crippen molar-refractivity contribution in [2.75, 3.05) is 6.79 Å². The van der Waals surface area contributed by atoms with Crippen LogP contribution in [0.1, 0.15) is 24.1 Å². The highest BCUT2D eigenvalue weighted by Crippen LogP contribution is 2.42. The van der Waals surface area contributed by atoms with Crippen LogP contribution in [0.25, 0.3) is 0 Å². The lowest BCUT2D eigenvalue weighted by Gasteiger charge is -2.12. The zero-order valence-electron chi connectivity index (χ0n) is 8.13. The van der Waals surface area contributed by atoms with Gasteiger partial charge in [-0.2, -0.15) is 0 Å². The molecule has 0 fully saturated rings. The van der Waals surface area contributed by atoms with Crippen LogP contribution in [0.3, 0.4) is 0 Å². The number of rotatable bonds is 1. The molecule has 1 atom stereocenters. The molecule has 0 saturated heterocycles. The van der Waals surface area contributed by atoms with Crippen LogP contribution in [-0.4, -0.2) is 6.79 Å². The van der Waals surface area contributed by atoms with Gasteiger partial charge in [-0.05, 0) is 25.5 Å². The number of ether oxygens (including phenoxy) is 2. The van der Waals surface area contributed by atoms with Gasteiger partial charge in [-0.25, -0.2) is 0 Å². The maximum Gasteiger partial charge on any atom is 0.231 e. The van der Waals surface area contributed by atoms with Crippen molar-refractivity contribution < 1.29 is 9.47 Å². The first-order valence-electron chi connectivity index (χ1n) is 4.45. The van der Waals surface area contributed by atoms with Crippen LogP contribution >= 0.6 is 15.9 Å². The summed E-state index contributed by atoms with van der Waals surface area (Å²) in [6.45, 7) is 4.23. The van der Waals surface area contributed by atoms with Crippen molar-refractivity contribution in [3.05, 3.63) is 21.7 Å². The average molecular weight is 258 g/mol. The molecule has 4 heteroatoms. The van der Waals surface area contributed by atoms with E-state index in [0.717, 1.165) is 27.1 Å². The first kappa shape index (κ1) is 9.80. The molecule has 1 heterocycles. The van der Waals surface area contributed by atoms with Gasteiger partial charge in [0.05, 0.1) is 0 Å². The third kappa shape index (κ3) is 1.38. The summed E-state index contributed by atoms with van der Waals surface area (Å²) < 4.78 is 11.7. The largest absolute Gasteiger partial charge is 0.454 e. The second-order valence-electron chi connectivity index (χ2n) is 3.43. The normalized spacial score (nSPS) is 15.7. The molecule has 0 saturated carbocycles. The molecular weight excluding hydrogens is 246 g/mol. The number of hydrogen-bond donors (Lipinski definition) is 1. The molecule has 1 aromatic carbocycles. The number of fused-ring (bicyclic) bond motifs is 1. The molecule has 2 rings (SSSR count). The Labute approximate surface area is 91.3 Å². The van der Waals surface area contributed by atoms with Crippen molar-refractivity contribution in [3.63, 3.8) is 0 Å². The second-order valence-corrected chi connectivity index (χ2v) is 4.22. The fourth-order valence-corrected chi connectivity index (χ4v) is 2.20. The fraction of sp³-hybridized carbons (Fsp3) is 0.400. The molecule has 1 aromatic rings. The van der Waals surface area contributed by atoms with Crippen molar-refractivity contribution in [3.8, 4) is 11.5 Å². The molecule has 0 amide bonds. The first-order valence-corrected chi connectivity index (χ1v) is 5.24. The van der Waals surface area contributed by atoms with E-state index in [-0.39, 0.29) is 6.04 Å². The lowest BCUT2D eigenvalue weighted by atomic mass is 10.0. The Balaban J connectivity index is 2.61. The van der Waals surface area contributed by atoms with Crippen molar-refractivity contribution in [2.45, 2.75) is 19.9 Å². The molecule has 1 aliphatic heterocycles. The Kier molecular flexibility index (Phi) is 2.41. The lowest BCUT2D eigenvalue weighted by molar-refractivity contribution is 0.173. The highest BCUT2D eigenvalue weighted by Gasteiger charge is 2.21. The summed E-state index contributed by atoms with van der Waals surface area (Å²) in [5, 5.41) is 0. The highest BCUT2D eigenvalue weighted by atomic mass is 79.9. The summed E-state index contributed by atoms with van der Waals surface area (Å²) in [5.74, 6) is 1.61. The zero-order valence-corrected chi connectivity index (χ0v) is 9.72. The van der Waals surface area contributed by atoms with Crippen LogP contribution in [-0.2, 0) is 0 Å². The van der Waals surface area contributed by atoms with Gasteiger partial charge in [0, 0.05) is 16.1 Å². The fourth-order valence-electron chi connectivity index (χ4n) is 1.54. The Bertz CT molecular complexity index is 377. The Morgan fingerprint density at radius 1 is 1.50 bits per heavy atom. The molecule has 0 spiro atoms. The molecule has 76 valence electrons. The zero-order chi connectivity index (χ0) is 10.3. The van der Waals surface area contributed by atoms with Crippen molar-refractivity contribution in [1.82, 2.24) is 0 Å². The molecule has 0 radical (unpaired) electrons. The first-order chi connectivity index (χ1) is 6.61. The van der Waals surface area contributed by atoms with E-state index in [0.29, 0.717) is 6.79 Å². The second kappa shape index (κ2) is 3.44. The summed E-state index contributed by atoms with van der Waals surface area (Å²) in [7, 11) is 0. The van der Waals surface area contributed by atoms with Crippen LogP contribution in [0, 0.1) is 6.92 Å². The summed E-state index contributed by atoms with van der Waals surface area (Å²) in [6, 6.07) is 1.92. The van der Waals surface area contributed by atoms with Gasteiger partial charge >= 0.3 is 0 Å². The molecule has 1 aliphatic rings. The summed E-state index contributed by atoms with van der Waals surface area (Å²) >= 11 is 3.52. The van der Waals surface area contributed by atoms with Crippen LogP contribution in [0.5, 0.6) is 11.5 Å². The van der Waals surface area contributed by atoms with Gasteiger partial charge in [0.1, 0.15) is 0 Å². The predicted molar refractivity (Wildman–Crippen MR) is 57.6 cm³/mol. The summed E-state index contributed by atoms with van der Waals surface area (Å²) in [4.78, 5) is 0. The minimum absolute atomic E-state index is 0.0161. The third-order valence-electron chi connectivity index (χ3n) is 2.34. The van der Waals surface area contributed by atoms with Crippen LogP contribution in [0.2, 0.25) is 0 Å². The Hall–Kier alpha value is -0.740. The van der Waals surface area contributed by atoms with Gasteiger partial charge in [-0.15, -0.1) is 0 Å². The van der Waals surface area contributed by atoms with E-state index in [1.807, 2.05) is 19.9 Å². The molecule has 1 unspecified atom stereocenters. The number of hydrogen-bond acceptors (Lipinski definition) is 3. The van der Waals surface area contributed by atoms with Crippen LogP contribution in [0.15, 0.2) is 10.5 Å². The quantitative estimate of drug-likeness (QED) is 0.841. The van der Waals surface area contributed by atoms with Gasteiger partial charge < -0.3 is 15.2 Å². The third-order valence-corrected chi connectivity index (χ3v) is 3.39. The van der Waals surface area contributed by atoms with E-state index in [1.165, 1.54) is 0 Å². The molecule has 0 aliphatic carbocycles. The van der Waals surface area contributed by atoms with Gasteiger partial charge in [0.2, 0.25) is 6.79 Å². The monoisotopic (exact) mass is 257 g/mol. The van der Waals surface area contributed by atoms with E-state index < -0.39 is 0 Å². The predicted octanol–water partition coefficient (Wildman–Crippen LogP) is 2.51. The summed E-state index contributed by atoms with van der Waals surface area (Å²) in [6.07, 6.45) is 0. The van der Waals surface area contributed by atoms with Crippen LogP contribution in [0.4, 0.5) is 0 Å². The van der Waals surface area contributed by atoms with Gasteiger partial charge in [0.15, 0.2) is 11.5 Å². The van der Waals surface area contributed by atoms with Crippen molar-refractivity contribution >= 4 is 15.9 Å². The van der Waals surface area contributed by atoms with E-state index in [2.05, 4.69) is 15.9 Å². The van der Waals surface area contributed by atoms with E-state index in [9.17, 15) is 0 Å². The Morgan fingerprint density at radius 3 is 2.86 bits per heavy atom.